The van der Waals surface area contributed by atoms with Gasteiger partial charge in [0.2, 0.25) is 17.7 Å². The molecule has 7 rings (SSSR count). The maximum atomic E-state index is 13.2. The van der Waals surface area contributed by atoms with E-state index in [9.17, 15) is 33.9 Å². The van der Waals surface area contributed by atoms with E-state index in [1.54, 1.807) is 42.5 Å². The summed E-state index contributed by atoms with van der Waals surface area (Å²) in [6, 6.07) is 19.6. The molecule has 19 heteroatoms. The van der Waals surface area contributed by atoms with Crippen molar-refractivity contribution in [1.29, 1.82) is 0 Å². The number of nitrogens with zero attached hydrogens (tertiary/aromatic N) is 3. The quantitative estimate of drug-likeness (QED) is 0.0326. The van der Waals surface area contributed by atoms with E-state index in [4.69, 9.17) is 28.4 Å². The number of piperidine rings is 1. The lowest BCUT2D eigenvalue weighted by Gasteiger charge is -2.35. The number of ketones is 1. The van der Waals surface area contributed by atoms with Gasteiger partial charge in [0.05, 0.1) is 96.0 Å². The highest BCUT2D eigenvalue weighted by Gasteiger charge is 2.46. The number of hydrogen-bond acceptors (Lipinski definition) is 16. The maximum Gasteiger partial charge on any atom is 0.264 e. The molecular weight excluding hydrogens is 893 g/mol. The van der Waals surface area contributed by atoms with Crippen LogP contribution in [0.4, 0.5) is 11.4 Å². The largest absolute Gasteiger partial charge is 0.507 e. The Morgan fingerprint density at radius 1 is 0.725 bits per heavy atom. The zero-order chi connectivity index (χ0) is 48.4. The first kappa shape index (κ1) is 50.7. The summed E-state index contributed by atoms with van der Waals surface area (Å²) in [5, 5.41) is 18.3. The molecule has 3 aromatic carbocycles. The topological polar surface area (TPSA) is 224 Å². The first-order valence-corrected chi connectivity index (χ1v) is 23.6. The Morgan fingerprint density at radius 2 is 1.39 bits per heavy atom. The van der Waals surface area contributed by atoms with Crippen LogP contribution in [0.25, 0.3) is 0 Å². The van der Waals surface area contributed by atoms with Crippen LogP contribution in [-0.2, 0) is 49.2 Å². The van der Waals surface area contributed by atoms with Crippen LogP contribution in [0, 0.1) is 0 Å². The molecule has 69 heavy (non-hydrogen) atoms. The Kier molecular flexibility index (Phi) is 19.0. The second-order valence-electron chi connectivity index (χ2n) is 16.9. The Bertz CT molecular complexity index is 2290. The van der Waals surface area contributed by atoms with Crippen molar-refractivity contribution in [3.05, 3.63) is 101 Å². The number of nitrogens with one attached hydrogen (secondary N) is 3. The molecular formula is C50H62N6O13. The molecule has 3 saturated heterocycles. The fraction of sp³-hybridized carbons (Fsp3) is 0.480. The Hall–Kier alpha value is -6.22. The van der Waals surface area contributed by atoms with Gasteiger partial charge >= 0.3 is 0 Å². The van der Waals surface area contributed by atoms with Crippen LogP contribution < -0.4 is 20.9 Å². The summed E-state index contributed by atoms with van der Waals surface area (Å²) < 4.78 is 33.3. The summed E-state index contributed by atoms with van der Waals surface area (Å²) in [6.45, 7) is 7.21. The van der Waals surface area contributed by atoms with E-state index in [-0.39, 0.29) is 47.8 Å². The number of ether oxygens (including phenoxy) is 6. The number of likely N-dealkylation sites (tertiary alicyclic amines) is 1. The third-order valence-corrected chi connectivity index (χ3v) is 12.2. The number of allylic oxidation sites excluding steroid dienone is 1. The molecule has 3 aromatic rings. The minimum Gasteiger partial charge on any atom is -0.507 e. The van der Waals surface area contributed by atoms with Gasteiger partial charge in [-0.2, -0.15) is 0 Å². The zero-order valence-electron chi connectivity index (χ0n) is 38.8. The van der Waals surface area contributed by atoms with E-state index < -0.39 is 29.7 Å². The molecule has 370 valence electrons. The fourth-order valence-corrected chi connectivity index (χ4v) is 8.74. The number of anilines is 2. The lowest BCUT2D eigenvalue weighted by molar-refractivity contribution is -0.136. The summed E-state index contributed by atoms with van der Waals surface area (Å²) in [4.78, 5) is 80.7. The number of piperazine rings is 1. The summed E-state index contributed by atoms with van der Waals surface area (Å²) in [7, 11) is 0. The van der Waals surface area contributed by atoms with Gasteiger partial charge in [0.1, 0.15) is 11.8 Å². The fourth-order valence-electron chi connectivity index (χ4n) is 8.74. The predicted octanol–water partition coefficient (Wildman–Crippen LogP) is 2.71. The molecule has 0 radical (unpaired) electrons. The van der Waals surface area contributed by atoms with Gasteiger partial charge in [-0.1, -0.05) is 30.3 Å². The van der Waals surface area contributed by atoms with Gasteiger partial charge in [-0.3, -0.25) is 39.0 Å². The van der Waals surface area contributed by atoms with Crippen LogP contribution in [0.2, 0.25) is 0 Å². The number of imide groups is 2. The molecule has 0 saturated carbocycles. The van der Waals surface area contributed by atoms with Crippen molar-refractivity contribution in [3.8, 4) is 5.75 Å². The first-order chi connectivity index (χ1) is 33.7. The third kappa shape index (κ3) is 14.2. The smallest absolute Gasteiger partial charge is 0.264 e. The highest BCUT2D eigenvalue weighted by atomic mass is 16.6. The number of amides is 5. The monoisotopic (exact) mass is 954 g/mol. The molecule has 2 bridgehead atoms. The Labute approximate surface area is 401 Å². The van der Waals surface area contributed by atoms with Gasteiger partial charge in [-0.15, -0.1) is 0 Å². The molecule has 19 nitrogen and oxygen atoms in total. The number of phenolic OH excluding ortho intramolecular Hbond substituents is 1. The number of benzene rings is 3. The molecule has 4 aliphatic heterocycles. The first-order valence-electron chi connectivity index (χ1n) is 23.6. The second kappa shape index (κ2) is 26.0. The van der Waals surface area contributed by atoms with Gasteiger partial charge in [-0.25, -0.2) is 0 Å². The van der Waals surface area contributed by atoms with Crippen LogP contribution in [-0.4, -0.2) is 174 Å². The van der Waals surface area contributed by atoms with Crippen LogP contribution in [0.1, 0.15) is 62.3 Å². The summed E-state index contributed by atoms with van der Waals surface area (Å²) >= 11 is 0. The number of carbonyl (C=O) groups is 6. The van der Waals surface area contributed by atoms with Crippen molar-refractivity contribution in [1.82, 2.24) is 20.4 Å². The maximum absolute atomic E-state index is 13.2. The standard InChI is InChI=1S/C50H62N6O13/c57-43-10-2-1-7-39(43)44(58)14-18-54-33-38-32-37(54)34-55(38)36-6-3-5-35(31-36)13-16-52-45(59)15-19-64-21-23-66-25-27-68-29-30-69-28-26-67-24-22-65-20-17-51-41-9-4-8-40-47(41)50(63)56(49(40)62)42-11-12-46(60)53-48(42)61/h1-10,14,18,31,37-38,42,51,57H,11-13,15-17,19-30,32-34H2,(H,52,59)(H,53,60,61)/b18-14+/t37-,38-,42?/m1/s1. The normalized spacial score (nSPS) is 18.7. The molecule has 0 aromatic heterocycles. The molecule has 5 amide bonds. The number of aromatic hydroxyl groups is 1. The van der Waals surface area contributed by atoms with Gasteiger partial charge < -0.3 is 54.0 Å². The molecule has 0 spiro atoms. The SMILES string of the molecule is O=C(CCOCCOCCOCCOCCOCCOCCNc1cccc2c1C(=O)N(C1CCC(=O)NC1=O)C2=O)NCCc1cccc(N2C[C@H]3C[C@@H]2CN3/C=C/C(=O)c2ccccc2O)c1. The molecule has 0 aliphatic carbocycles. The van der Waals surface area contributed by atoms with E-state index in [1.807, 2.05) is 6.20 Å². The number of hydrogen-bond donors (Lipinski definition) is 4. The van der Waals surface area contributed by atoms with Crippen LogP contribution >= 0.6 is 0 Å². The number of carbonyl (C=O) groups excluding carboxylic acids is 6. The Morgan fingerprint density at radius 3 is 2.06 bits per heavy atom. The number of fused-ring (bicyclic) bond motifs is 3. The molecule has 3 fully saturated rings. The van der Waals surface area contributed by atoms with E-state index in [1.165, 1.54) is 11.8 Å². The summed E-state index contributed by atoms with van der Waals surface area (Å²) in [5.74, 6) is -2.48. The highest BCUT2D eigenvalue weighted by Crippen LogP contribution is 2.36. The Balaban J connectivity index is 0.621. The van der Waals surface area contributed by atoms with Crippen molar-refractivity contribution in [2.75, 3.05) is 116 Å². The summed E-state index contributed by atoms with van der Waals surface area (Å²) in [6.07, 6.45) is 5.57. The van der Waals surface area contributed by atoms with Crippen molar-refractivity contribution in [3.63, 3.8) is 0 Å². The molecule has 4 N–H and O–H groups in total. The van der Waals surface area contributed by atoms with E-state index in [2.05, 4.69) is 50.0 Å². The average molecular weight is 955 g/mol. The molecule has 4 heterocycles. The van der Waals surface area contributed by atoms with Crippen molar-refractivity contribution >= 4 is 46.7 Å². The van der Waals surface area contributed by atoms with Gasteiger partial charge in [0.15, 0.2) is 5.78 Å². The number of para-hydroxylation sites is 1. The zero-order valence-corrected chi connectivity index (χ0v) is 38.8. The highest BCUT2D eigenvalue weighted by molar-refractivity contribution is 6.25. The van der Waals surface area contributed by atoms with E-state index in [0.717, 1.165) is 36.4 Å². The van der Waals surface area contributed by atoms with Crippen molar-refractivity contribution in [2.45, 2.75) is 50.2 Å². The minimum atomic E-state index is -1.02. The minimum absolute atomic E-state index is 0.0120. The molecule has 1 unspecified atom stereocenters. The molecule has 3 atom stereocenters. The average Bonchev–Trinajstić information content (AvgIpc) is 4.03. The van der Waals surface area contributed by atoms with Crippen LogP contribution in [0.3, 0.4) is 0 Å². The van der Waals surface area contributed by atoms with Gasteiger partial charge in [-0.05, 0) is 61.2 Å². The summed E-state index contributed by atoms with van der Waals surface area (Å²) in [5.41, 5.74) is 3.50. The lowest BCUT2D eigenvalue weighted by atomic mass is 10.0. The predicted molar refractivity (Wildman–Crippen MR) is 252 cm³/mol. The number of phenols is 1. The van der Waals surface area contributed by atoms with E-state index in [0.29, 0.717) is 116 Å². The third-order valence-electron chi connectivity index (χ3n) is 12.2. The molecule has 4 aliphatic rings. The van der Waals surface area contributed by atoms with Crippen molar-refractivity contribution < 1.29 is 62.3 Å². The van der Waals surface area contributed by atoms with Gasteiger partial charge in [0, 0.05) is 74.8 Å². The lowest BCUT2D eigenvalue weighted by Crippen LogP contribution is -2.54. The van der Waals surface area contributed by atoms with Crippen LogP contribution in [0.15, 0.2) is 79.0 Å². The van der Waals surface area contributed by atoms with Crippen molar-refractivity contribution in [2.24, 2.45) is 0 Å². The second-order valence-corrected chi connectivity index (χ2v) is 16.9. The van der Waals surface area contributed by atoms with Gasteiger partial charge in [0.25, 0.3) is 11.8 Å². The van der Waals surface area contributed by atoms with Crippen LogP contribution in [0.5, 0.6) is 5.75 Å². The van der Waals surface area contributed by atoms with E-state index >= 15 is 0 Å². The number of rotatable bonds is 30.